The van der Waals surface area contributed by atoms with Gasteiger partial charge in [-0.15, -0.1) is 11.3 Å². The van der Waals surface area contributed by atoms with Crippen LogP contribution in [0.4, 0.5) is 5.82 Å². The Labute approximate surface area is 136 Å². The molecule has 0 aliphatic rings. The summed E-state index contributed by atoms with van der Waals surface area (Å²) in [7, 11) is 0. The van der Waals surface area contributed by atoms with E-state index in [9.17, 15) is 4.79 Å². The average Bonchev–Trinajstić information content (AvgIpc) is 3.07. The van der Waals surface area contributed by atoms with E-state index in [0.717, 1.165) is 10.1 Å². The van der Waals surface area contributed by atoms with E-state index in [-0.39, 0.29) is 6.61 Å². The van der Waals surface area contributed by atoms with Gasteiger partial charge in [0.1, 0.15) is 18.5 Å². The van der Waals surface area contributed by atoms with Crippen LogP contribution in [-0.4, -0.2) is 29.1 Å². The number of anilines is 1. The van der Waals surface area contributed by atoms with Crippen LogP contribution < -0.4 is 5.32 Å². The molecule has 0 aliphatic carbocycles. The standard InChI is InChI=1S/C16H12N4O2S/c17-8-11-2-1-4-19-15(11)20-5-6-22-16(21)13-9-18-10-14-12(13)3-7-23-14/h1-4,7,9-10H,5-6H2,(H,19,20). The smallest absolute Gasteiger partial charge is 0.340 e. The Bertz CT molecular complexity index is 885. The molecule has 0 spiro atoms. The maximum absolute atomic E-state index is 12.1. The Morgan fingerprint density at radius 3 is 3.17 bits per heavy atom. The number of nitriles is 1. The van der Waals surface area contributed by atoms with Gasteiger partial charge < -0.3 is 10.1 Å². The highest BCUT2D eigenvalue weighted by Gasteiger charge is 2.12. The molecule has 23 heavy (non-hydrogen) atoms. The number of pyridine rings is 2. The lowest BCUT2D eigenvalue weighted by Gasteiger charge is -2.08. The van der Waals surface area contributed by atoms with E-state index in [4.69, 9.17) is 10.00 Å². The van der Waals surface area contributed by atoms with Crippen molar-refractivity contribution in [1.82, 2.24) is 9.97 Å². The molecule has 0 unspecified atom stereocenters. The van der Waals surface area contributed by atoms with Gasteiger partial charge in [0.05, 0.1) is 22.4 Å². The minimum atomic E-state index is -0.412. The van der Waals surface area contributed by atoms with E-state index in [0.29, 0.717) is 23.5 Å². The molecule has 0 radical (unpaired) electrons. The largest absolute Gasteiger partial charge is 0.460 e. The summed E-state index contributed by atoms with van der Waals surface area (Å²) in [4.78, 5) is 20.3. The molecule has 7 heteroatoms. The minimum absolute atomic E-state index is 0.167. The second-order valence-electron chi connectivity index (χ2n) is 4.59. The van der Waals surface area contributed by atoms with E-state index >= 15 is 0 Å². The van der Waals surface area contributed by atoms with E-state index in [2.05, 4.69) is 15.3 Å². The van der Waals surface area contributed by atoms with Crippen molar-refractivity contribution in [2.45, 2.75) is 0 Å². The zero-order chi connectivity index (χ0) is 16.1. The van der Waals surface area contributed by atoms with Crippen LogP contribution in [0.25, 0.3) is 10.1 Å². The van der Waals surface area contributed by atoms with Crippen molar-refractivity contribution >= 4 is 33.2 Å². The predicted molar refractivity (Wildman–Crippen MR) is 87.3 cm³/mol. The number of carbonyl (C=O) groups excluding carboxylic acids is 1. The van der Waals surface area contributed by atoms with Crippen LogP contribution in [0.5, 0.6) is 0 Å². The molecule has 0 aromatic carbocycles. The molecule has 3 aromatic heterocycles. The number of ether oxygens (including phenoxy) is 1. The molecule has 3 rings (SSSR count). The zero-order valence-corrected chi connectivity index (χ0v) is 12.8. The van der Waals surface area contributed by atoms with E-state index in [1.165, 1.54) is 17.5 Å². The second kappa shape index (κ2) is 6.85. The highest BCUT2D eigenvalue weighted by Crippen LogP contribution is 2.23. The van der Waals surface area contributed by atoms with Crippen LogP contribution in [0, 0.1) is 11.3 Å². The molecular weight excluding hydrogens is 312 g/mol. The van der Waals surface area contributed by atoms with Crippen LogP contribution in [0.15, 0.2) is 42.2 Å². The third-order valence-electron chi connectivity index (χ3n) is 3.16. The van der Waals surface area contributed by atoms with Crippen molar-refractivity contribution < 1.29 is 9.53 Å². The molecule has 3 heterocycles. The lowest BCUT2D eigenvalue weighted by atomic mass is 10.2. The van der Waals surface area contributed by atoms with Crippen LogP contribution in [0.3, 0.4) is 0 Å². The molecule has 0 atom stereocenters. The first-order valence-corrected chi connectivity index (χ1v) is 7.75. The number of nitrogens with one attached hydrogen (secondary N) is 1. The number of fused-ring (bicyclic) bond motifs is 1. The average molecular weight is 324 g/mol. The van der Waals surface area contributed by atoms with Crippen molar-refractivity contribution in [3.63, 3.8) is 0 Å². The summed E-state index contributed by atoms with van der Waals surface area (Å²) < 4.78 is 6.20. The number of aromatic nitrogens is 2. The summed E-state index contributed by atoms with van der Waals surface area (Å²) in [5, 5.41) is 14.7. The van der Waals surface area contributed by atoms with Crippen LogP contribution in [0.2, 0.25) is 0 Å². The molecule has 1 N–H and O–H groups in total. The monoisotopic (exact) mass is 324 g/mol. The van der Waals surface area contributed by atoms with Crippen molar-refractivity contribution in [2.75, 3.05) is 18.5 Å². The molecule has 0 saturated heterocycles. The normalized spacial score (nSPS) is 10.2. The molecule has 0 aliphatic heterocycles. The maximum Gasteiger partial charge on any atom is 0.340 e. The number of carbonyl (C=O) groups is 1. The van der Waals surface area contributed by atoms with Gasteiger partial charge in [0, 0.05) is 24.0 Å². The molecule has 3 aromatic rings. The SMILES string of the molecule is N#Cc1cccnc1NCCOC(=O)c1cncc2sccc12. The molecule has 0 bridgehead atoms. The predicted octanol–water partition coefficient (Wildman–Crippen LogP) is 2.83. The van der Waals surface area contributed by atoms with E-state index < -0.39 is 5.97 Å². The zero-order valence-electron chi connectivity index (χ0n) is 12.0. The first-order valence-electron chi connectivity index (χ1n) is 6.87. The van der Waals surface area contributed by atoms with Crippen molar-refractivity contribution in [3.05, 3.63) is 53.3 Å². The van der Waals surface area contributed by atoms with Gasteiger partial charge in [-0.05, 0) is 23.6 Å². The summed E-state index contributed by atoms with van der Waals surface area (Å²) in [6, 6.07) is 7.29. The molecular formula is C16H12N4O2S. The van der Waals surface area contributed by atoms with E-state index in [1.54, 1.807) is 24.5 Å². The van der Waals surface area contributed by atoms with Crippen LogP contribution in [-0.2, 0) is 4.74 Å². The summed E-state index contributed by atoms with van der Waals surface area (Å²) in [5.74, 6) is 0.0671. The van der Waals surface area contributed by atoms with Gasteiger partial charge in [-0.2, -0.15) is 5.26 Å². The van der Waals surface area contributed by atoms with Crippen molar-refractivity contribution in [3.8, 4) is 6.07 Å². The first-order chi connectivity index (χ1) is 11.3. The lowest BCUT2D eigenvalue weighted by Crippen LogP contribution is -2.15. The fourth-order valence-corrected chi connectivity index (χ4v) is 2.86. The topological polar surface area (TPSA) is 87.9 Å². The number of esters is 1. The van der Waals surface area contributed by atoms with Gasteiger partial charge in [0.15, 0.2) is 0 Å². The Balaban J connectivity index is 1.58. The number of rotatable bonds is 5. The highest BCUT2D eigenvalue weighted by molar-refractivity contribution is 7.17. The molecule has 0 amide bonds. The summed E-state index contributed by atoms with van der Waals surface area (Å²) in [6.07, 6.45) is 4.83. The van der Waals surface area contributed by atoms with Gasteiger partial charge in [-0.1, -0.05) is 0 Å². The quantitative estimate of drug-likeness (QED) is 0.573. The Morgan fingerprint density at radius 1 is 1.39 bits per heavy atom. The molecule has 114 valence electrons. The number of thiophene rings is 1. The van der Waals surface area contributed by atoms with Gasteiger partial charge in [-0.25, -0.2) is 9.78 Å². The fourth-order valence-electron chi connectivity index (χ4n) is 2.08. The van der Waals surface area contributed by atoms with Gasteiger partial charge in [0.2, 0.25) is 0 Å². The van der Waals surface area contributed by atoms with Gasteiger partial charge in [0.25, 0.3) is 0 Å². The van der Waals surface area contributed by atoms with Crippen molar-refractivity contribution in [1.29, 1.82) is 5.26 Å². The third-order valence-corrected chi connectivity index (χ3v) is 4.01. The van der Waals surface area contributed by atoms with Gasteiger partial charge >= 0.3 is 5.97 Å². The van der Waals surface area contributed by atoms with Crippen molar-refractivity contribution in [2.24, 2.45) is 0 Å². The Kier molecular flexibility index (Phi) is 4.45. The Hall–Kier alpha value is -2.98. The van der Waals surface area contributed by atoms with Crippen LogP contribution in [0.1, 0.15) is 15.9 Å². The molecule has 0 saturated carbocycles. The Morgan fingerprint density at radius 2 is 2.30 bits per heavy atom. The minimum Gasteiger partial charge on any atom is -0.460 e. The maximum atomic E-state index is 12.1. The lowest BCUT2D eigenvalue weighted by molar-refractivity contribution is 0.0522. The number of hydrogen-bond acceptors (Lipinski definition) is 7. The summed E-state index contributed by atoms with van der Waals surface area (Å²) >= 11 is 1.53. The van der Waals surface area contributed by atoms with Crippen LogP contribution >= 0.6 is 11.3 Å². The summed E-state index contributed by atoms with van der Waals surface area (Å²) in [6.45, 7) is 0.533. The number of hydrogen-bond donors (Lipinski definition) is 1. The van der Waals surface area contributed by atoms with E-state index in [1.807, 2.05) is 17.5 Å². The number of nitrogens with zero attached hydrogens (tertiary/aromatic N) is 3. The first kappa shape index (κ1) is 14.9. The molecule has 0 fully saturated rings. The highest BCUT2D eigenvalue weighted by atomic mass is 32.1. The summed E-state index contributed by atoms with van der Waals surface area (Å²) in [5.41, 5.74) is 0.908. The third kappa shape index (κ3) is 3.27. The molecule has 6 nitrogen and oxygen atoms in total. The van der Waals surface area contributed by atoms with Gasteiger partial charge in [-0.3, -0.25) is 4.98 Å². The second-order valence-corrected chi connectivity index (χ2v) is 5.54. The fraction of sp³-hybridized carbons (Fsp3) is 0.125.